The summed E-state index contributed by atoms with van der Waals surface area (Å²) < 4.78 is 18.4. The molecule has 6 nitrogen and oxygen atoms in total. The first kappa shape index (κ1) is 25.8. The smallest absolute Gasteiger partial charge is 0.271 e. The van der Waals surface area contributed by atoms with Crippen molar-refractivity contribution in [2.24, 2.45) is 5.10 Å². The molecule has 0 heterocycles. The van der Waals surface area contributed by atoms with Crippen LogP contribution < -0.4 is 19.6 Å². The molecule has 178 valence electrons. The molecule has 3 rings (SSSR count). The maximum Gasteiger partial charge on any atom is 0.271 e. The zero-order valence-electron chi connectivity index (χ0n) is 19.0. The van der Waals surface area contributed by atoms with Gasteiger partial charge in [-0.15, -0.1) is 0 Å². The normalized spacial score (nSPS) is 10.8. The third kappa shape index (κ3) is 7.63. The van der Waals surface area contributed by atoms with Gasteiger partial charge in [0.1, 0.15) is 12.4 Å². The maximum atomic E-state index is 12.4. The molecule has 0 radical (unpaired) electrons. The highest BCUT2D eigenvalue weighted by molar-refractivity contribution is 14.1. The minimum Gasteiger partial charge on any atom is -0.494 e. The molecule has 0 atom stereocenters. The van der Waals surface area contributed by atoms with E-state index >= 15 is 0 Å². The topological polar surface area (TPSA) is 69.2 Å². The Morgan fingerprint density at radius 3 is 2.44 bits per heavy atom. The fourth-order valence-corrected chi connectivity index (χ4v) is 3.59. The lowest BCUT2D eigenvalue weighted by Crippen LogP contribution is -2.17. The molecular formula is C26H26ClIN2O4. The van der Waals surface area contributed by atoms with E-state index in [4.69, 9.17) is 25.8 Å². The Morgan fingerprint density at radius 2 is 1.76 bits per heavy atom. The van der Waals surface area contributed by atoms with E-state index in [0.29, 0.717) is 47.5 Å². The fraction of sp³-hybridized carbons (Fsp3) is 0.231. The highest BCUT2D eigenvalue weighted by atomic mass is 127. The molecule has 0 bridgehead atoms. The number of benzene rings is 3. The van der Waals surface area contributed by atoms with Gasteiger partial charge in [0.05, 0.1) is 24.5 Å². The minimum absolute atomic E-state index is 0.327. The van der Waals surface area contributed by atoms with Crippen molar-refractivity contribution in [3.05, 3.63) is 85.9 Å². The predicted molar refractivity (Wildman–Crippen MR) is 143 cm³/mol. The number of hydrogen-bond donors (Lipinski definition) is 1. The monoisotopic (exact) mass is 592 g/mol. The highest BCUT2D eigenvalue weighted by Crippen LogP contribution is 2.37. The van der Waals surface area contributed by atoms with Crippen LogP contribution in [0.5, 0.6) is 17.2 Å². The Hall–Kier alpha value is -2.78. The van der Waals surface area contributed by atoms with Gasteiger partial charge in [0, 0.05) is 9.13 Å². The van der Waals surface area contributed by atoms with Gasteiger partial charge >= 0.3 is 0 Å². The van der Waals surface area contributed by atoms with Crippen LogP contribution in [0, 0.1) is 3.57 Å². The van der Waals surface area contributed by atoms with Gasteiger partial charge in [-0.05, 0) is 95.6 Å². The molecule has 0 spiro atoms. The van der Waals surface area contributed by atoms with Crippen LogP contribution in [0.3, 0.4) is 0 Å². The van der Waals surface area contributed by atoms with Gasteiger partial charge in [-0.3, -0.25) is 4.79 Å². The molecule has 0 saturated heterocycles. The molecule has 0 saturated carbocycles. The van der Waals surface area contributed by atoms with E-state index < -0.39 is 0 Å². The lowest BCUT2D eigenvalue weighted by Gasteiger charge is -2.14. The van der Waals surface area contributed by atoms with Crippen LogP contribution in [0.25, 0.3) is 0 Å². The van der Waals surface area contributed by atoms with Gasteiger partial charge in [0.2, 0.25) is 0 Å². The molecule has 1 N–H and O–H groups in total. The van der Waals surface area contributed by atoms with Crippen molar-refractivity contribution in [2.45, 2.75) is 26.9 Å². The van der Waals surface area contributed by atoms with Crippen LogP contribution in [0.1, 0.15) is 41.8 Å². The van der Waals surface area contributed by atoms with Crippen LogP contribution in [0.2, 0.25) is 5.02 Å². The fourth-order valence-electron chi connectivity index (χ4n) is 2.95. The lowest BCUT2D eigenvalue weighted by atomic mass is 10.2. The first-order chi connectivity index (χ1) is 16.5. The van der Waals surface area contributed by atoms with Crippen molar-refractivity contribution in [3.8, 4) is 17.2 Å². The van der Waals surface area contributed by atoms with Crippen LogP contribution in [-0.4, -0.2) is 25.3 Å². The van der Waals surface area contributed by atoms with E-state index in [2.05, 4.69) is 33.1 Å². The van der Waals surface area contributed by atoms with E-state index in [1.807, 2.05) is 38.1 Å². The zero-order chi connectivity index (χ0) is 24.3. The molecule has 8 heteroatoms. The molecule has 1 amide bonds. The number of nitrogens with zero attached hydrogens (tertiary/aromatic N) is 1. The maximum absolute atomic E-state index is 12.4. The summed E-state index contributed by atoms with van der Waals surface area (Å²) >= 11 is 8.74. The van der Waals surface area contributed by atoms with Gasteiger partial charge in [0.25, 0.3) is 5.91 Å². The summed E-state index contributed by atoms with van der Waals surface area (Å²) in [5, 5.41) is 4.45. The summed E-state index contributed by atoms with van der Waals surface area (Å²) in [6.45, 7) is 5.37. The Morgan fingerprint density at radius 1 is 1.03 bits per heavy atom. The van der Waals surface area contributed by atoms with E-state index in [0.717, 1.165) is 21.3 Å². The van der Waals surface area contributed by atoms with E-state index in [9.17, 15) is 4.79 Å². The molecule has 0 aliphatic rings. The zero-order valence-corrected chi connectivity index (χ0v) is 21.9. The standard InChI is InChI=1S/C26H26ClIN2O4/c1-3-13-33-22-11-7-20(8-12-22)26(31)30-29-16-19-14-23(27)25(24(15-19)32-4-2)34-17-18-5-9-21(28)10-6-18/h5-12,14-16H,3-4,13,17H2,1-2H3,(H,30,31)/b29-16-. The van der Waals surface area contributed by atoms with Crippen molar-refractivity contribution in [1.29, 1.82) is 0 Å². The molecule has 0 fully saturated rings. The second kappa shape index (κ2) is 13.2. The number of nitrogens with one attached hydrogen (secondary N) is 1. The molecule has 0 aliphatic carbocycles. The summed E-state index contributed by atoms with van der Waals surface area (Å²) in [4.78, 5) is 12.4. The number of ether oxygens (including phenoxy) is 3. The number of hydrogen-bond acceptors (Lipinski definition) is 5. The van der Waals surface area contributed by atoms with Crippen molar-refractivity contribution in [2.75, 3.05) is 13.2 Å². The average molecular weight is 593 g/mol. The Labute approximate surface area is 218 Å². The summed E-state index contributed by atoms with van der Waals surface area (Å²) in [5.41, 5.74) is 4.69. The minimum atomic E-state index is -0.327. The second-order valence-electron chi connectivity index (χ2n) is 7.25. The number of carbonyl (C=O) groups excluding carboxylic acids is 1. The molecule has 0 aliphatic heterocycles. The predicted octanol–water partition coefficient (Wildman–Crippen LogP) is 6.48. The van der Waals surface area contributed by atoms with E-state index in [1.165, 1.54) is 6.21 Å². The number of halogens is 2. The number of hydrazone groups is 1. The molecule has 3 aromatic rings. The van der Waals surface area contributed by atoms with Crippen molar-refractivity contribution >= 4 is 46.3 Å². The van der Waals surface area contributed by atoms with Crippen molar-refractivity contribution in [3.63, 3.8) is 0 Å². The number of amides is 1. The third-order valence-corrected chi connectivity index (χ3v) is 5.60. The number of carbonyl (C=O) groups is 1. The quantitative estimate of drug-likeness (QED) is 0.157. The van der Waals surface area contributed by atoms with Gasteiger partial charge in [-0.25, -0.2) is 5.43 Å². The molecule has 3 aromatic carbocycles. The van der Waals surface area contributed by atoms with Crippen LogP contribution in [0.15, 0.2) is 65.8 Å². The Bertz CT molecular complexity index is 1120. The molecular weight excluding hydrogens is 567 g/mol. The summed E-state index contributed by atoms with van der Waals surface area (Å²) in [6.07, 6.45) is 2.43. The number of rotatable bonds is 11. The van der Waals surface area contributed by atoms with Gasteiger partial charge in [-0.2, -0.15) is 5.10 Å². The van der Waals surface area contributed by atoms with Crippen LogP contribution in [0.4, 0.5) is 0 Å². The summed E-state index contributed by atoms with van der Waals surface area (Å²) in [7, 11) is 0. The largest absolute Gasteiger partial charge is 0.494 e. The third-order valence-electron chi connectivity index (χ3n) is 4.60. The second-order valence-corrected chi connectivity index (χ2v) is 8.90. The van der Waals surface area contributed by atoms with Gasteiger partial charge in [0.15, 0.2) is 11.5 Å². The van der Waals surface area contributed by atoms with Gasteiger partial charge in [-0.1, -0.05) is 30.7 Å². The molecule has 0 unspecified atom stereocenters. The lowest BCUT2D eigenvalue weighted by molar-refractivity contribution is 0.0955. The Kier molecular flexibility index (Phi) is 10.0. The van der Waals surface area contributed by atoms with Crippen molar-refractivity contribution < 1.29 is 19.0 Å². The van der Waals surface area contributed by atoms with Gasteiger partial charge < -0.3 is 14.2 Å². The highest BCUT2D eigenvalue weighted by Gasteiger charge is 2.13. The van der Waals surface area contributed by atoms with Crippen molar-refractivity contribution in [1.82, 2.24) is 5.43 Å². The van der Waals surface area contributed by atoms with E-state index in [1.54, 1.807) is 36.4 Å². The first-order valence-electron chi connectivity index (χ1n) is 10.9. The molecule has 34 heavy (non-hydrogen) atoms. The Balaban J connectivity index is 1.65. The molecule has 0 aromatic heterocycles. The van der Waals surface area contributed by atoms with Crippen LogP contribution >= 0.6 is 34.2 Å². The average Bonchev–Trinajstić information content (AvgIpc) is 2.84. The van der Waals surface area contributed by atoms with E-state index in [-0.39, 0.29) is 5.91 Å². The first-order valence-corrected chi connectivity index (χ1v) is 12.4. The summed E-state index contributed by atoms with van der Waals surface area (Å²) in [5.74, 6) is 1.38. The summed E-state index contributed by atoms with van der Waals surface area (Å²) in [6, 6.07) is 18.4. The van der Waals surface area contributed by atoms with Crippen LogP contribution in [-0.2, 0) is 6.61 Å². The SMILES string of the molecule is CCCOc1ccc(C(=O)N/N=C\c2cc(Cl)c(OCc3ccc(I)cc3)c(OCC)c2)cc1.